The summed E-state index contributed by atoms with van der Waals surface area (Å²) in [4.78, 5) is 20.3. The van der Waals surface area contributed by atoms with Crippen LogP contribution in [0, 0.1) is 0 Å². The van der Waals surface area contributed by atoms with Crippen LogP contribution in [0.1, 0.15) is 59.1 Å². The number of carbonyl (C=O) groups is 1. The van der Waals surface area contributed by atoms with Crippen LogP contribution < -0.4 is 11.1 Å². The summed E-state index contributed by atoms with van der Waals surface area (Å²) in [7, 11) is 0. The van der Waals surface area contributed by atoms with E-state index < -0.39 is 6.10 Å². The number of rotatable bonds is 11. The molecule has 7 nitrogen and oxygen atoms in total. The maximum absolute atomic E-state index is 11.5. The second kappa shape index (κ2) is 18.5. The van der Waals surface area contributed by atoms with E-state index in [1.165, 1.54) is 11.1 Å². The third kappa shape index (κ3) is 16.2. The molecule has 0 saturated carbocycles. The van der Waals surface area contributed by atoms with Gasteiger partial charge >= 0.3 is 0 Å². The third-order valence-electron chi connectivity index (χ3n) is 5.64. The van der Waals surface area contributed by atoms with Crippen molar-refractivity contribution in [3.8, 4) is 0 Å². The highest BCUT2D eigenvalue weighted by atomic mass is 32.1. The number of aliphatic hydroxyl groups excluding tert-OH is 1. The lowest BCUT2D eigenvalue weighted by atomic mass is 10.00. The number of aromatic nitrogens is 1. The Morgan fingerprint density at radius 1 is 1.16 bits per heavy atom. The predicted octanol–water partition coefficient (Wildman–Crippen LogP) is 3.77. The van der Waals surface area contributed by atoms with Crippen molar-refractivity contribution in [1.29, 1.82) is 0 Å². The SMILES string of the molecule is CC.CC(=O)CNC(Cc1ccccc1)CC(O)CN1CCN(Cc2cccnc2)C[C@H]1S.CC(C)(C)N. The van der Waals surface area contributed by atoms with Gasteiger partial charge in [0.05, 0.1) is 18.0 Å². The first-order chi connectivity index (χ1) is 18.0. The highest BCUT2D eigenvalue weighted by Crippen LogP contribution is 2.17. The molecule has 1 aromatic carbocycles. The van der Waals surface area contributed by atoms with Crippen LogP contribution in [-0.2, 0) is 17.8 Å². The van der Waals surface area contributed by atoms with Crippen LogP contribution >= 0.6 is 12.6 Å². The lowest BCUT2D eigenvalue weighted by Gasteiger charge is -2.40. The number of β-amino-alcohol motifs (C(OH)–C–C–N with tert-alkyl or cyclic N) is 1. The Hall–Kier alpha value is -1.81. The fraction of sp³-hybridized carbons (Fsp3) is 0.600. The molecule has 8 heteroatoms. The maximum atomic E-state index is 11.5. The van der Waals surface area contributed by atoms with E-state index in [-0.39, 0.29) is 22.7 Å². The molecule has 2 unspecified atom stereocenters. The highest BCUT2D eigenvalue weighted by molar-refractivity contribution is 7.80. The Bertz CT molecular complexity index is 873. The minimum atomic E-state index is -0.479. The topological polar surface area (TPSA) is 94.7 Å². The molecular weight excluding hydrogens is 494 g/mol. The van der Waals surface area contributed by atoms with E-state index >= 15 is 0 Å². The molecule has 0 amide bonds. The highest BCUT2D eigenvalue weighted by Gasteiger charge is 2.27. The van der Waals surface area contributed by atoms with Gasteiger partial charge < -0.3 is 16.2 Å². The summed E-state index contributed by atoms with van der Waals surface area (Å²) >= 11 is 4.79. The molecule has 3 atom stereocenters. The average Bonchev–Trinajstić information content (AvgIpc) is 2.86. The van der Waals surface area contributed by atoms with Crippen molar-refractivity contribution in [2.75, 3.05) is 32.7 Å². The van der Waals surface area contributed by atoms with Crippen LogP contribution in [0.15, 0.2) is 54.9 Å². The lowest BCUT2D eigenvalue weighted by Crippen LogP contribution is -2.53. The number of nitrogens with zero attached hydrogens (tertiary/aromatic N) is 3. The molecule has 214 valence electrons. The minimum Gasteiger partial charge on any atom is -0.392 e. The van der Waals surface area contributed by atoms with Gasteiger partial charge in [-0.15, -0.1) is 0 Å². The molecule has 1 aliphatic heterocycles. The molecule has 0 bridgehead atoms. The van der Waals surface area contributed by atoms with Crippen LogP contribution in [-0.4, -0.2) is 81.5 Å². The predicted molar refractivity (Wildman–Crippen MR) is 162 cm³/mol. The van der Waals surface area contributed by atoms with E-state index in [9.17, 15) is 9.90 Å². The summed E-state index contributed by atoms with van der Waals surface area (Å²) in [6, 6.07) is 14.3. The fourth-order valence-electron chi connectivity index (χ4n) is 4.06. The lowest BCUT2D eigenvalue weighted by molar-refractivity contribution is -0.116. The van der Waals surface area contributed by atoms with Crippen LogP contribution in [0.5, 0.6) is 0 Å². The van der Waals surface area contributed by atoms with Crippen LogP contribution in [0.3, 0.4) is 0 Å². The second-order valence-electron chi connectivity index (χ2n) is 10.8. The fourth-order valence-corrected chi connectivity index (χ4v) is 4.50. The Morgan fingerprint density at radius 3 is 2.34 bits per heavy atom. The second-order valence-corrected chi connectivity index (χ2v) is 11.4. The van der Waals surface area contributed by atoms with Crippen molar-refractivity contribution in [2.45, 2.75) is 84.0 Å². The zero-order valence-corrected chi connectivity index (χ0v) is 25.2. The number of nitrogens with one attached hydrogen (secondary N) is 1. The Labute approximate surface area is 236 Å². The van der Waals surface area contributed by atoms with Gasteiger partial charge in [0.15, 0.2) is 0 Å². The molecule has 4 N–H and O–H groups in total. The van der Waals surface area contributed by atoms with Gasteiger partial charge in [0.2, 0.25) is 0 Å². The number of benzene rings is 1. The largest absolute Gasteiger partial charge is 0.392 e. The quantitative estimate of drug-likeness (QED) is 0.319. The summed E-state index contributed by atoms with van der Waals surface area (Å²) in [5.74, 6) is 0.104. The Morgan fingerprint density at radius 2 is 1.79 bits per heavy atom. The van der Waals surface area contributed by atoms with Crippen molar-refractivity contribution in [2.24, 2.45) is 5.73 Å². The van der Waals surface area contributed by atoms with Crippen LogP contribution in [0.2, 0.25) is 0 Å². The number of thiol groups is 1. The number of carbonyl (C=O) groups excluding carboxylic acids is 1. The van der Waals surface area contributed by atoms with Gasteiger partial charge in [-0.1, -0.05) is 50.2 Å². The number of nitrogens with two attached hydrogens (primary N) is 1. The molecule has 0 spiro atoms. The number of aliphatic hydroxyl groups is 1. The van der Waals surface area contributed by atoms with Gasteiger partial charge in [-0.25, -0.2) is 0 Å². The van der Waals surface area contributed by atoms with Gasteiger partial charge in [0, 0.05) is 56.7 Å². The first-order valence-corrected chi connectivity index (χ1v) is 14.3. The standard InChI is InChI=1S/C24H34N4O2S.C4H11N.C2H6/c1-19(29)14-26-22(12-20-6-3-2-4-7-20)13-23(30)17-28-11-10-27(18-24(28)31)16-21-8-5-9-25-15-21;1-4(2,3)5;1-2/h2-9,15,22-24,26,30-31H,10-14,16-18H2,1H3;5H2,1-3H3;1-2H3/t22?,23?,24-;;/m1../s1. The molecule has 3 rings (SSSR count). The first kappa shape index (κ1) is 34.2. The molecular formula is C30H51N5O2S. The molecule has 1 saturated heterocycles. The van der Waals surface area contributed by atoms with E-state index in [0.717, 1.165) is 32.6 Å². The molecule has 2 heterocycles. The first-order valence-electron chi connectivity index (χ1n) is 13.8. The van der Waals surface area contributed by atoms with Crippen LogP contribution in [0.25, 0.3) is 0 Å². The normalized spacial score (nSPS) is 17.9. The third-order valence-corrected chi connectivity index (χ3v) is 6.13. The summed E-state index contributed by atoms with van der Waals surface area (Å²) in [5, 5.41) is 14.2. The molecule has 38 heavy (non-hydrogen) atoms. The number of Topliss-reactive ketones (excluding diaryl/α,β-unsaturated/α-hetero) is 1. The summed E-state index contributed by atoms with van der Waals surface area (Å²) in [6.07, 6.45) is 4.60. The molecule has 1 fully saturated rings. The van der Waals surface area contributed by atoms with Gasteiger partial charge in [0.25, 0.3) is 0 Å². The minimum absolute atomic E-state index is 0. The van der Waals surface area contributed by atoms with Crippen molar-refractivity contribution in [1.82, 2.24) is 20.1 Å². The molecule has 1 aliphatic rings. The number of ketones is 1. The maximum Gasteiger partial charge on any atom is 0.143 e. The van der Waals surface area contributed by atoms with E-state index in [0.29, 0.717) is 19.5 Å². The van der Waals surface area contributed by atoms with E-state index in [1.54, 1.807) is 13.1 Å². The Balaban J connectivity index is 0.000000924. The van der Waals surface area contributed by atoms with Crippen molar-refractivity contribution in [3.63, 3.8) is 0 Å². The molecule has 1 aromatic heterocycles. The van der Waals surface area contributed by atoms with Crippen molar-refractivity contribution < 1.29 is 9.90 Å². The number of hydrogen-bond acceptors (Lipinski definition) is 8. The van der Waals surface area contributed by atoms with Gasteiger partial charge in [-0.05, 0) is 57.7 Å². The van der Waals surface area contributed by atoms with Gasteiger partial charge in [-0.2, -0.15) is 12.6 Å². The molecule has 0 radical (unpaired) electrons. The average molecular weight is 546 g/mol. The van der Waals surface area contributed by atoms with E-state index in [4.69, 9.17) is 18.4 Å². The monoisotopic (exact) mass is 545 g/mol. The number of hydrogen-bond donors (Lipinski definition) is 4. The zero-order chi connectivity index (χ0) is 28.6. The zero-order valence-electron chi connectivity index (χ0n) is 24.3. The summed E-state index contributed by atoms with van der Waals surface area (Å²) < 4.78 is 0. The van der Waals surface area contributed by atoms with Gasteiger partial charge in [0.1, 0.15) is 5.78 Å². The molecule has 2 aromatic rings. The smallest absolute Gasteiger partial charge is 0.143 e. The van der Waals surface area contributed by atoms with Crippen molar-refractivity contribution >= 4 is 18.4 Å². The van der Waals surface area contributed by atoms with E-state index in [1.807, 2.05) is 65.1 Å². The van der Waals surface area contributed by atoms with E-state index in [2.05, 4.69) is 38.3 Å². The van der Waals surface area contributed by atoms with Crippen LogP contribution in [0.4, 0.5) is 0 Å². The summed E-state index contributed by atoms with van der Waals surface area (Å²) in [5.41, 5.74) is 7.76. The Kier molecular flexibility index (Phi) is 16.6. The number of piperazine rings is 1. The van der Waals surface area contributed by atoms with Gasteiger partial charge in [-0.3, -0.25) is 19.6 Å². The van der Waals surface area contributed by atoms with Crippen molar-refractivity contribution in [3.05, 3.63) is 66.0 Å². The molecule has 0 aliphatic carbocycles. The summed E-state index contributed by atoms with van der Waals surface area (Å²) in [6.45, 7) is 15.9. The number of pyridine rings is 1.